The van der Waals surface area contributed by atoms with Crippen LogP contribution in [-0.2, 0) is 0 Å². The largest absolute Gasteiger partial charge is 0.401 e. The summed E-state index contributed by atoms with van der Waals surface area (Å²) in [6, 6.07) is 0.601. The number of fused-ring (bicyclic) bond motifs is 1. The maximum absolute atomic E-state index is 6.00. The van der Waals surface area contributed by atoms with Crippen LogP contribution in [0.1, 0.15) is 26.2 Å². The van der Waals surface area contributed by atoms with Gasteiger partial charge in [-0.3, -0.25) is 4.90 Å². The van der Waals surface area contributed by atoms with Crippen LogP contribution in [-0.4, -0.2) is 24.0 Å². The molecule has 0 aliphatic carbocycles. The fraction of sp³-hybridized carbons (Fsp3) is 0.778. The highest BCUT2D eigenvalue weighted by Crippen LogP contribution is 2.28. The van der Waals surface area contributed by atoms with Crippen LogP contribution in [0.15, 0.2) is 11.3 Å². The van der Waals surface area contributed by atoms with Gasteiger partial charge in [0, 0.05) is 18.3 Å². The summed E-state index contributed by atoms with van der Waals surface area (Å²) < 4.78 is 0. The zero-order chi connectivity index (χ0) is 7.84. The van der Waals surface area contributed by atoms with Gasteiger partial charge in [0.2, 0.25) is 0 Å². The molecule has 0 saturated carbocycles. The van der Waals surface area contributed by atoms with E-state index < -0.39 is 0 Å². The van der Waals surface area contributed by atoms with Crippen LogP contribution in [0, 0.1) is 0 Å². The maximum atomic E-state index is 6.00. The average molecular weight is 152 g/mol. The lowest BCUT2D eigenvalue weighted by atomic mass is 10.0. The molecule has 0 aromatic rings. The molecule has 0 aromatic heterocycles. The van der Waals surface area contributed by atoms with Crippen LogP contribution in [0.25, 0.3) is 0 Å². The summed E-state index contributed by atoms with van der Waals surface area (Å²) in [5.41, 5.74) is 8.59. The van der Waals surface area contributed by atoms with Crippen molar-refractivity contribution in [2.24, 2.45) is 5.73 Å². The molecule has 62 valence electrons. The van der Waals surface area contributed by atoms with Crippen molar-refractivity contribution in [3.63, 3.8) is 0 Å². The van der Waals surface area contributed by atoms with Crippen molar-refractivity contribution in [2.75, 3.05) is 13.1 Å². The zero-order valence-corrected chi connectivity index (χ0v) is 7.14. The Balaban J connectivity index is 2.23. The van der Waals surface area contributed by atoms with E-state index in [1.165, 1.54) is 37.9 Å². The van der Waals surface area contributed by atoms with Crippen LogP contribution in [0.4, 0.5) is 0 Å². The van der Waals surface area contributed by atoms with Crippen LogP contribution >= 0.6 is 0 Å². The van der Waals surface area contributed by atoms with Crippen LogP contribution in [0.5, 0.6) is 0 Å². The van der Waals surface area contributed by atoms with Crippen LogP contribution in [0.2, 0.25) is 0 Å². The molecule has 2 aliphatic heterocycles. The Labute approximate surface area is 68.1 Å². The van der Waals surface area contributed by atoms with Gasteiger partial charge in [-0.05, 0) is 32.7 Å². The third kappa shape index (κ3) is 1.06. The molecule has 0 aromatic carbocycles. The lowest BCUT2D eigenvalue weighted by Gasteiger charge is -2.30. The van der Waals surface area contributed by atoms with Crippen LogP contribution < -0.4 is 5.73 Å². The third-order valence-electron chi connectivity index (χ3n) is 2.99. The Bertz CT molecular complexity index is 196. The van der Waals surface area contributed by atoms with Gasteiger partial charge in [-0.1, -0.05) is 5.57 Å². The predicted molar refractivity (Wildman–Crippen MR) is 46.1 cm³/mol. The molecule has 0 spiro atoms. The Morgan fingerprint density at radius 2 is 2.27 bits per heavy atom. The first-order valence-electron chi connectivity index (χ1n) is 4.48. The van der Waals surface area contributed by atoms with Gasteiger partial charge in [-0.25, -0.2) is 0 Å². The lowest BCUT2D eigenvalue weighted by molar-refractivity contribution is 0.265. The predicted octanol–water partition coefficient (Wildman–Crippen LogP) is 1.09. The molecule has 2 rings (SSSR count). The van der Waals surface area contributed by atoms with Crippen molar-refractivity contribution in [3.8, 4) is 0 Å². The Morgan fingerprint density at radius 1 is 1.45 bits per heavy atom. The molecule has 11 heavy (non-hydrogen) atoms. The summed E-state index contributed by atoms with van der Waals surface area (Å²) in [5.74, 6) is 0. The minimum absolute atomic E-state index is 0.601. The van der Waals surface area contributed by atoms with Crippen molar-refractivity contribution >= 4 is 0 Å². The Kier molecular flexibility index (Phi) is 1.64. The van der Waals surface area contributed by atoms with E-state index in [2.05, 4.69) is 11.8 Å². The first kappa shape index (κ1) is 7.17. The minimum atomic E-state index is 0.601. The highest BCUT2D eigenvalue weighted by molar-refractivity contribution is 5.20. The average Bonchev–Trinajstić information content (AvgIpc) is 2.45. The van der Waals surface area contributed by atoms with Gasteiger partial charge in [0.05, 0.1) is 0 Å². The summed E-state index contributed by atoms with van der Waals surface area (Å²) >= 11 is 0. The second-order valence-electron chi connectivity index (χ2n) is 3.68. The molecular weight excluding hydrogens is 136 g/mol. The topological polar surface area (TPSA) is 29.3 Å². The summed E-state index contributed by atoms with van der Waals surface area (Å²) in [4.78, 5) is 2.52. The van der Waals surface area contributed by atoms with E-state index in [4.69, 9.17) is 5.73 Å². The first-order valence-corrected chi connectivity index (χ1v) is 4.48. The number of hydrogen-bond acceptors (Lipinski definition) is 2. The normalized spacial score (nSPS) is 32.6. The molecule has 2 aliphatic rings. The lowest BCUT2D eigenvalue weighted by Crippen LogP contribution is -2.38. The van der Waals surface area contributed by atoms with Gasteiger partial charge < -0.3 is 5.73 Å². The monoisotopic (exact) mass is 152 g/mol. The van der Waals surface area contributed by atoms with Crippen molar-refractivity contribution in [2.45, 2.75) is 32.2 Å². The third-order valence-corrected chi connectivity index (χ3v) is 2.99. The smallest absolute Gasteiger partial charge is 0.0493 e. The summed E-state index contributed by atoms with van der Waals surface area (Å²) in [6.45, 7) is 4.67. The van der Waals surface area contributed by atoms with Gasteiger partial charge in [-0.15, -0.1) is 0 Å². The zero-order valence-electron chi connectivity index (χ0n) is 7.14. The molecule has 1 fully saturated rings. The van der Waals surface area contributed by atoms with E-state index in [0.717, 1.165) is 5.70 Å². The van der Waals surface area contributed by atoms with Crippen molar-refractivity contribution in [1.82, 2.24) is 4.90 Å². The number of hydrogen-bond donors (Lipinski definition) is 1. The number of nitrogens with zero attached hydrogens (tertiary/aromatic N) is 1. The SMILES string of the molecule is CC1=C(N)C2CCCN2CC1. The summed E-state index contributed by atoms with van der Waals surface area (Å²) in [7, 11) is 0. The van der Waals surface area contributed by atoms with Crippen LogP contribution in [0.3, 0.4) is 0 Å². The maximum Gasteiger partial charge on any atom is 0.0493 e. The highest BCUT2D eigenvalue weighted by Gasteiger charge is 2.29. The van der Waals surface area contributed by atoms with Gasteiger partial charge in [0.1, 0.15) is 0 Å². The van der Waals surface area contributed by atoms with E-state index >= 15 is 0 Å². The van der Waals surface area contributed by atoms with Crippen molar-refractivity contribution < 1.29 is 0 Å². The summed E-state index contributed by atoms with van der Waals surface area (Å²) in [6.07, 6.45) is 3.80. The molecular formula is C9H16N2. The van der Waals surface area contributed by atoms with E-state index in [1.807, 2.05) is 0 Å². The molecule has 0 radical (unpaired) electrons. The fourth-order valence-corrected chi connectivity index (χ4v) is 2.19. The Hall–Kier alpha value is -0.500. The van der Waals surface area contributed by atoms with Gasteiger partial charge >= 0.3 is 0 Å². The molecule has 0 bridgehead atoms. The minimum Gasteiger partial charge on any atom is -0.401 e. The van der Waals surface area contributed by atoms with Crippen molar-refractivity contribution in [3.05, 3.63) is 11.3 Å². The molecule has 0 amide bonds. The molecule has 2 heteroatoms. The van der Waals surface area contributed by atoms with Gasteiger partial charge in [-0.2, -0.15) is 0 Å². The van der Waals surface area contributed by atoms with Gasteiger partial charge in [0.15, 0.2) is 0 Å². The van der Waals surface area contributed by atoms with Crippen molar-refractivity contribution in [1.29, 1.82) is 0 Å². The first-order chi connectivity index (χ1) is 5.29. The molecule has 1 unspecified atom stereocenters. The Morgan fingerprint density at radius 3 is 3.09 bits per heavy atom. The quantitative estimate of drug-likeness (QED) is 0.563. The molecule has 2 nitrogen and oxygen atoms in total. The molecule has 1 atom stereocenters. The molecule has 1 saturated heterocycles. The molecule has 2 heterocycles. The number of rotatable bonds is 0. The fourth-order valence-electron chi connectivity index (χ4n) is 2.19. The standard InChI is InChI=1S/C9H16N2/c1-7-4-6-11-5-2-3-8(11)9(7)10/h8H,2-6,10H2,1H3. The van der Waals surface area contributed by atoms with Gasteiger partial charge in [0.25, 0.3) is 0 Å². The number of nitrogens with two attached hydrogens (primary N) is 1. The van der Waals surface area contributed by atoms with E-state index in [9.17, 15) is 0 Å². The van der Waals surface area contributed by atoms with E-state index in [-0.39, 0.29) is 0 Å². The van der Waals surface area contributed by atoms with E-state index in [1.54, 1.807) is 0 Å². The molecule has 2 N–H and O–H groups in total. The second-order valence-corrected chi connectivity index (χ2v) is 3.68. The highest BCUT2D eigenvalue weighted by atomic mass is 15.2. The second kappa shape index (κ2) is 2.52. The summed E-state index contributed by atoms with van der Waals surface area (Å²) in [5, 5.41) is 0. The van der Waals surface area contributed by atoms with E-state index in [0.29, 0.717) is 6.04 Å².